The van der Waals surface area contributed by atoms with E-state index in [2.05, 4.69) is 81.4 Å². The molecule has 0 amide bonds. The van der Waals surface area contributed by atoms with Gasteiger partial charge in [-0.15, -0.1) is 0 Å². The molecule has 2 bridgehead atoms. The van der Waals surface area contributed by atoms with Gasteiger partial charge >= 0.3 is 0 Å². The first-order chi connectivity index (χ1) is 12.2. The summed E-state index contributed by atoms with van der Waals surface area (Å²) in [6, 6.07) is 23.2. The fourth-order valence-electron chi connectivity index (χ4n) is 5.12. The minimum Gasteiger partial charge on any atom is -0.0619 e. The molecular weight excluding hydrogens is 300 g/mol. The highest BCUT2D eigenvalue weighted by atomic mass is 14.4. The van der Waals surface area contributed by atoms with E-state index in [1.807, 2.05) is 0 Å². The first kappa shape index (κ1) is 15.0. The molecule has 0 saturated heterocycles. The molecule has 0 radical (unpaired) electrons. The van der Waals surface area contributed by atoms with Crippen molar-refractivity contribution in [2.75, 3.05) is 0 Å². The van der Waals surface area contributed by atoms with Crippen LogP contribution in [0.15, 0.2) is 60.7 Å². The highest BCUT2D eigenvalue weighted by Gasteiger charge is 2.41. The van der Waals surface area contributed by atoms with Crippen LogP contribution < -0.4 is 0 Å². The minimum atomic E-state index is 0.399. The lowest BCUT2D eigenvalue weighted by Crippen LogP contribution is -2.28. The van der Waals surface area contributed by atoms with Crippen LogP contribution in [0.1, 0.15) is 83.0 Å². The lowest BCUT2D eigenvalue weighted by Gasteiger charge is -2.43. The quantitative estimate of drug-likeness (QED) is 0.354. The van der Waals surface area contributed by atoms with Crippen LogP contribution in [0.2, 0.25) is 0 Å². The molecule has 6 rings (SSSR count). The van der Waals surface area contributed by atoms with E-state index in [4.69, 9.17) is 0 Å². The second kappa shape index (κ2) is 5.33. The maximum atomic E-state index is 2.53. The second-order valence-electron chi connectivity index (χ2n) is 7.81. The molecule has 0 aliphatic heterocycles. The van der Waals surface area contributed by atoms with E-state index in [0.29, 0.717) is 17.8 Å². The zero-order chi connectivity index (χ0) is 17.1. The molecule has 0 N–H and O–H groups in total. The Morgan fingerprint density at radius 3 is 1.52 bits per heavy atom. The average Bonchev–Trinajstić information content (AvgIpc) is 2.66. The van der Waals surface area contributed by atoms with Gasteiger partial charge in [0.25, 0.3) is 0 Å². The molecule has 3 aromatic carbocycles. The van der Waals surface area contributed by atoms with Crippen molar-refractivity contribution in [3.05, 3.63) is 105 Å². The molecule has 3 aliphatic carbocycles. The summed E-state index contributed by atoms with van der Waals surface area (Å²) in [5.74, 6) is 1.38. The van der Waals surface area contributed by atoms with Crippen molar-refractivity contribution < 1.29 is 0 Å². The van der Waals surface area contributed by atoms with Gasteiger partial charge in [0.15, 0.2) is 0 Å². The predicted molar refractivity (Wildman–Crippen MR) is 105 cm³/mol. The number of rotatable bonds is 2. The van der Waals surface area contributed by atoms with Gasteiger partial charge in [-0.25, -0.2) is 0 Å². The SMILES string of the molecule is CCc1cc2c(cc1C(C)C)C1c3ccccc3C2c2ccccc21. The molecule has 0 nitrogen and oxygen atoms in total. The van der Waals surface area contributed by atoms with Gasteiger partial charge < -0.3 is 0 Å². The van der Waals surface area contributed by atoms with Crippen molar-refractivity contribution in [3.63, 3.8) is 0 Å². The standard InChI is InChI=1S/C25H24/c1-4-16-13-22-23(14-21(16)15(2)3)25-19-11-7-5-9-17(19)24(22)18-10-6-8-12-20(18)25/h5-15,24-25H,4H2,1-3H3. The molecule has 25 heavy (non-hydrogen) atoms. The first-order valence-electron chi connectivity index (χ1n) is 9.55. The van der Waals surface area contributed by atoms with Gasteiger partial charge in [0, 0.05) is 11.8 Å². The Kier molecular flexibility index (Phi) is 3.19. The second-order valence-corrected chi connectivity index (χ2v) is 7.81. The summed E-state index contributed by atoms with van der Waals surface area (Å²) in [5, 5.41) is 0. The molecule has 0 heteroatoms. The number of benzene rings is 3. The summed E-state index contributed by atoms with van der Waals surface area (Å²) in [4.78, 5) is 0. The Labute approximate surface area is 150 Å². The molecule has 3 aromatic rings. The van der Waals surface area contributed by atoms with Crippen molar-refractivity contribution in [3.8, 4) is 0 Å². The third-order valence-electron chi connectivity index (χ3n) is 6.21. The summed E-state index contributed by atoms with van der Waals surface area (Å²) in [5.41, 5.74) is 12.2. The van der Waals surface area contributed by atoms with Crippen LogP contribution in [0.3, 0.4) is 0 Å². The van der Waals surface area contributed by atoms with Gasteiger partial charge in [0.1, 0.15) is 0 Å². The van der Waals surface area contributed by atoms with Crippen LogP contribution >= 0.6 is 0 Å². The summed E-state index contributed by atoms with van der Waals surface area (Å²) in [6.45, 7) is 6.93. The Morgan fingerprint density at radius 2 is 1.12 bits per heavy atom. The summed E-state index contributed by atoms with van der Waals surface area (Å²) < 4.78 is 0. The van der Waals surface area contributed by atoms with Crippen molar-refractivity contribution in [2.45, 2.75) is 44.9 Å². The lowest BCUT2D eigenvalue weighted by atomic mass is 9.60. The number of hydrogen-bond donors (Lipinski definition) is 0. The maximum Gasteiger partial charge on any atom is 0.0349 e. The molecule has 124 valence electrons. The van der Waals surface area contributed by atoms with E-state index < -0.39 is 0 Å². The van der Waals surface area contributed by atoms with Crippen molar-refractivity contribution in [1.29, 1.82) is 0 Å². The Morgan fingerprint density at radius 1 is 0.680 bits per heavy atom. The highest BCUT2D eigenvalue weighted by Crippen LogP contribution is 2.56. The van der Waals surface area contributed by atoms with E-state index in [1.54, 1.807) is 11.1 Å². The van der Waals surface area contributed by atoms with E-state index >= 15 is 0 Å². The van der Waals surface area contributed by atoms with Crippen LogP contribution in [0.4, 0.5) is 0 Å². The van der Waals surface area contributed by atoms with E-state index in [1.165, 1.54) is 33.4 Å². The minimum absolute atomic E-state index is 0.399. The topological polar surface area (TPSA) is 0 Å². The summed E-state index contributed by atoms with van der Waals surface area (Å²) >= 11 is 0. The fourth-order valence-corrected chi connectivity index (χ4v) is 5.12. The molecular formula is C25H24. The van der Waals surface area contributed by atoms with Gasteiger partial charge in [0.05, 0.1) is 0 Å². The van der Waals surface area contributed by atoms with Gasteiger partial charge in [-0.3, -0.25) is 0 Å². The largest absolute Gasteiger partial charge is 0.0619 e. The summed E-state index contributed by atoms with van der Waals surface area (Å²) in [7, 11) is 0. The van der Waals surface area contributed by atoms with Crippen molar-refractivity contribution >= 4 is 0 Å². The highest BCUT2D eigenvalue weighted by molar-refractivity contribution is 5.68. The third kappa shape index (κ3) is 1.94. The Bertz CT molecular complexity index is 930. The lowest BCUT2D eigenvalue weighted by molar-refractivity contribution is 0.741. The van der Waals surface area contributed by atoms with Gasteiger partial charge in [-0.1, -0.05) is 81.4 Å². The van der Waals surface area contributed by atoms with Crippen LogP contribution in [0.5, 0.6) is 0 Å². The smallest absolute Gasteiger partial charge is 0.0349 e. The molecule has 0 saturated carbocycles. The number of aryl methyl sites for hydroxylation is 1. The normalized spacial score (nSPS) is 19.5. The Hall–Kier alpha value is -2.34. The molecule has 0 aromatic heterocycles. The van der Waals surface area contributed by atoms with Crippen LogP contribution in [-0.2, 0) is 6.42 Å². The van der Waals surface area contributed by atoms with Gasteiger partial charge in [-0.05, 0) is 56.8 Å². The summed E-state index contributed by atoms with van der Waals surface area (Å²) in [6.07, 6.45) is 1.11. The first-order valence-corrected chi connectivity index (χ1v) is 9.55. The van der Waals surface area contributed by atoms with Crippen LogP contribution in [0, 0.1) is 0 Å². The molecule has 0 heterocycles. The van der Waals surface area contributed by atoms with E-state index in [9.17, 15) is 0 Å². The predicted octanol–water partition coefficient (Wildman–Crippen LogP) is 6.36. The van der Waals surface area contributed by atoms with Crippen LogP contribution in [-0.4, -0.2) is 0 Å². The average molecular weight is 324 g/mol. The molecule has 0 atom stereocenters. The fraction of sp³-hybridized carbons (Fsp3) is 0.280. The number of hydrogen-bond acceptors (Lipinski definition) is 0. The Balaban J connectivity index is 1.85. The van der Waals surface area contributed by atoms with Crippen LogP contribution in [0.25, 0.3) is 0 Å². The van der Waals surface area contributed by atoms with Gasteiger partial charge in [0.2, 0.25) is 0 Å². The zero-order valence-electron chi connectivity index (χ0n) is 15.2. The van der Waals surface area contributed by atoms with Gasteiger partial charge in [-0.2, -0.15) is 0 Å². The van der Waals surface area contributed by atoms with E-state index in [-0.39, 0.29) is 0 Å². The molecule has 0 unspecified atom stereocenters. The zero-order valence-corrected chi connectivity index (χ0v) is 15.2. The molecule has 0 spiro atoms. The van der Waals surface area contributed by atoms with Crippen molar-refractivity contribution in [1.82, 2.24) is 0 Å². The van der Waals surface area contributed by atoms with E-state index in [0.717, 1.165) is 6.42 Å². The molecule has 3 aliphatic rings. The maximum absolute atomic E-state index is 2.53. The van der Waals surface area contributed by atoms with Crippen molar-refractivity contribution in [2.24, 2.45) is 0 Å². The molecule has 0 fully saturated rings. The third-order valence-corrected chi connectivity index (χ3v) is 6.21. The monoisotopic (exact) mass is 324 g/mol.